The van der Waals surface area contributed by atoms with Crippen LogP contribution in [0.3, 0.4) is 0 Å². The van der Waals surface area contributed by atoms with Gasteiger partial charge in [0.05, 0.1) is 0 Å². The molecule has 0 spiro atoms. The normalized spacial score (nSPS) is 31.8. The van der Waals surface area contributed by atoms with Gasteiger partial charge < -0.3 is 10.6 Å². The summed E-state index contributed by atoms with van der Waals surface area (Å²) in [5, 5.41) is 0. The Labute approximate surface area is 76.1 Å². The van der Waals surface area contributed by atoms with Crippen LogP contribution in [0.4, 0.5) is 0 Å². The molecule has 0 aromatic carbocycles. The third kappa shape index (κ3) is 1.80. The van der Waals surface area contributed by atoms with Crippen molar-refractivity contribution < 1.29 is 0 Å². The highest BCUT2D eigenvalue weighted by Gasteiger charge is 2.33. The van der Waals surface area contributed by atoms with Gasteiger partial charge in [0.25, 0.3) is 0 Å². The maximum absolute atomic E-state index is 5.68. The quantitative estimate of drug-likeness (QED) is 0.692. The second-order valence-electron chi connectivity index (χ2n) is 4.06. The molecule has 1 aliphatic rings. The van der Waals surface area contributed by atoms with Gasteiger partial charge in [0, 0.05) is 12.1 Å². The summed E-state index contributed by atoms with van der Waals surface area (Å²) in [6.45, 7) is 5.41. The van der Waals surface area contributed by atoms with E-state index in [1.165, 1.54) is 19.3 Å². The van der Waals surface area contributed by atoms with Gasteiger partial charge in [0.15, 0.2) is 0 Å². The molecule has 72 valence electrons. The van der Waals surface area contributed by atoms with Crippen molar-refractivity contribution in [2.75, 3.05) is 13.6 Å². The molecule has 0 radical (unpaired) electrons. The highest BCUT2D eigenvalue weighted by atomic mass is 15.2. The lowest BCUT2D eigenvalue weighted by atomic mass is 9.78. The molecule has 0 aromatic rings. The maximum Gasteiger partial charge on any atom is 0.0135 e. The number of hydrogen-bond acceptors (Lipinski definition) is 2. The first-order valence-electron chi connectivity index (χ1n) is 5.12. The molecule has 1 aliphatic carbocycles. The van der Waals surface area contributed by atoms with E-state index in [-0.39, 0.29) is 0 Å². The van der Waals surface area contributed by atoms with Gasteiger partial charge in [-0.3, -0.25) is 0 Å². The molecule has 1 rings (SSSR count). The minimum absolute atomic E-state index is 0.712. The molecule has 12 heavy (non-hydrogen) atoms. The molecule has 3 unspecified atom stereocenters. The van der Waals surface area contributed by atoms with Crippen LogP contribution in [0.15, 0.2) is 0 Å². The predicted octanol–water partition coefficient (Wildman–Crippen LogP) is 1.45. The van der Waals surface area contributed by atoms with E-state index >= 15 is 0 Å². The molecule has 0 bridgehead atoms. The second-order valence-corrected chi connectivity index (χ2v) is 4.06. The fourth-order valence-corrected chi connectivity index (χ4v) is 1.98. The standard InChI is InChI=1S/C10H22N2/c1-4-8(2)12(3)10-6-5-9(10)7-11/h8-10H,4-7,11H2,1-3H3. The van der Waals surface area contributed by atoms with Gasteiger partial charge in [0.1, 0.15) is 0 Å². The first-order valence-corrected chi connectivity index (χ1v) is 5.12. The van der Waals surface area contributed by atoms with Gasteiger partial charge in [0.2, 0.25) is 0 Å². The van der Waals surface area contributed by atoms with Crippen molar-refractivity contribution in [2.45, 2.75) is 45.2 Å². The molecule has 2 N–H and O–H groups in total. The van der Waals surface area contributed by atoms with Gasteiger partial charge in [-0.1, -0.05) is 6.92 Å². The van der Waals surface area contributed by atoms with Gasteiger partial charge in [-0.2, -0.15) is 0 Å². The second kappa shape index (κ2) is 4.24. The van der Waals surface area contributed by atoms with Crippen molar-refractivity contribution in [3.63, 3.8) is 0 Å². The SMILES string of the molecule is CCC(C)N(C)C1CCC1CN. The van der Waals surface area contributed by atoms with Crippen molar-refractivity contribution >= 4 is 0 Å². The van der Waals surface area contributed by atoms with E-state index in [9.17, 15) is 0 Å². The molecule has 2 nitrogen and oxygen atoms in total. The average Bonchev–Trinajstić information content (AvgIpc) is 2.02. The Kier molecular flexibility index (Phi) is 3.53. The molecule has 0 aliphatic heterocycles. The molecule has 3 atom stereocenters. The smallest absolute Gasteiger partial charge is 0.0135 e. The zero-order valence-corrected chi connectivity index (χ0v) is 8.59. The van der Waals surface area contributed by atoms with E-state index in [2.05, 4.69) is 25.8 Å². The van der Waals surface area contributed by atoms with Crippen LogP contribution in [0, 0.1) is 5.92 Å². The molecule has 1 saturated carbocycles. The van der Waals surface area contributed by atoms with Crippen LogP contribution in [-0.2, 0) is 0 Å². The highest BCUT2D eigenvalue weighted by molar-refractivity contribution is 4.89. The lowest BCUT2D eigenvalue weighted by Crippen LogP contribution is -2.51. The summed E-state index contributed by atoms with van der Waals surface area (Å²) in [4.78, 5) is 2.50. The third-order valence-corrected chi connectivity index (χ3v) is 3.49. The van der Waals surface area contributed by atoms with Gasteiger partial charge in [-0.25, -0.2) is 0 Å². The minimum Gasteiger partial charge on any atom is -0.330 e. The third-order valence-electron chi connectivity index (χ3n) is 3.49. The summed E-state index contributed by atoms with van der Waals surface area (Å²) >= 11 is 0. The molecular weight excluding hydrogens is 148 g/mol. The Bertz CT molecular complexity index is 127. The largest absolute Gasteiger partial charge is 0.330 e. The van der Waals surface area contributed by atoms with Crippen molar-refractivity contribution in [1.29, 1.82) is 0 Å². The van der Waals surface area contributed by atoms with Gasteiger partial charge in [-0.15, -0.1) is 0 Å². The molecule has 0 amide bonds. The number of nitrogens with zero attached hydrogens (tertiary/aromatic N) is 1. The van der Waals surface area contributed by atoms with Crippen LogP contribution in [-0.4, -0.2) is 30.6 Å². The Morgan fingerprint density at radius 2 is 2.17 bits per heavy atom. The van der Waals surface area contributed by atoms with Crippen LogP contribution >= 0.6 is 0 Å². The van der Waals surface area contributed by atoms with Gasteiger partial charge in [-0.05, 0) is 45.7 Å². The molecule has 1 fully saturated rings. The summed E-state index contributed by atoms with van der Waals surface area (Å²) < 4.78 is 0. The van der Waals surface area contributed by atoms with Gasteiger partial charge >= 0.3 is 0 Å². The zero-order chi connectivity index (χ0) is 9.14. The van der Waals surface area contributed by atoms with Crippen LogP contribution < -0.4 is 5.73 Å². The molecular formula is C10H22N2. The van der Waals surface area contributed by atoms with E-state index < -0.39 is 0 Å². The van der Waals surface area contributed by atoms with Crippen molar-refractivity contribution in [1.82, 2.24) is 4.90 Å². The van der Waals surface area contributed by atoms with E-state index in [0.29, 0.717) is 6.04 Å². The highest BCUT2D eigenvalue weighted by Crippen LogP contribution is 2.31. The monoisotopic (exact) mass is 170 g/mol. The Balaban J connectivity index is 2.36. The van der Waals surface area contributed by atoms with Crippen molar-refractivity contribution in [3.8, 4) is 0 Å². The Morgan fingerprint density at radius 1 is 1.50 bits per heavy atom. The zero-order valence-electron chi connectivity index (χ0n) is 8.59. The van der Waals surface area contributed by atoms with Crippen molar-refractivity contribution in [2.24, 2.45) is 11.7 Å². The number of nitrogens with two attached hydrogens (primary N) is 1. The number of rotatable bonds is 4. The summed E-state index contributed by atoms with van der Waals surface area (Å²) in [6, 6.07) is 1.48. The maximum atomic E-state index is 5.68. The fraction of sp³-hybridized carbons (Fsp3) is 1.00. The lowest BCUT2D eigenvalue weighted by Gasteiger charge is -2.44. The molecule has 0 saturated heterocycles. The first-order chi connectivity index (χ1) is 5.70. The van der Waals surface area contributed by atoms with E-state index in [1.54, 1.807) is 0 Å². The van der Waals surface area contributed by atoms with E-state index in [1.807, 2.05) is 0 Å². The topological polar surface area (TPSA) is 29.3 Å². The van der Waals surface area contributed by atoms with Crippen LogP contribution in [0.1, 0.15) is 33.1 Å². The van der Waals surface area contributed by atoms with E-state index in [0.717, 1.165) is 18.5 Å². The first kappa shape index (κ1) is 10.0. The Hall–Kier alpha value is -0.0800. The molecule has 0 heterocycles. The molecule has 2 heteroatoms. The van der Waals surface area contributed by atoms with Crippen LogP contribution in [0.25, 0.3) is 0 Å². The summed E-state index contributed by atoms with van der Waals surface area (Å²) in [7, 11) is 2.24. The molecule has 0 aromatic heterocycles. The van der Waals surface area contributed by atoms with Crippen LogP contribution in [0.2, 0.25) is 0 Å². The van der Waals surface area contributed by atoms with E-state index in [4.69, 9.17) is 5.73 Å². The minimum atomic E-state index is 0.712. The number of hydrogen-bond donors (Lipinski definition) is 1. The Morgan fingerprint density at radius 3 is 2.50 bits per heavy atom. The summed E-state index contributed by atoms with van der Waals surface area (Å²) in [6.07, 6.45) is 3.93. The van der Waals surface area contributed by atoms with Crippen LogP contribution in [0.5, 0.6) is 0 Å². The predicted molar refractivity (Wildman–Crippen MR) is 53.1 cm³/mol. The fourth-order valence-electron chi connectivity index (χ4n) is 1.98. The average molecular weight is 170 g/mol. The van der Waals surface area contributed by atoms with Crippen molar-refractivity contribution in [3.05, 3.63) is 0 Å². The summed E-state index contributed by atoms with van der Waals surface area (Å²) in [5.41, 5.74) is 5.68. The summed E-state index contributed by atoms with van der Waals surface area (Å²) in [5.74, 6) is 0.768. The lowest BCUT2D eigenvalue weighted by molar-refractivity contribution is 0.0586.